The van der Waals surface area contributed by atoms with Gasteiger partial charge in [0.25, 0.3) is 5.91 Å². The number of carbonyl (C=O) groups is 1. The van der Waals surface area contributed by atoms with Gasteiger partial charge in [-0.3, -0.25) is 9.69 Å². The average molecular weight is 580 g/mol. The lowest BCUT2D eigenvalue weighted by Crippen LogP contribution is -2.41. The number of aryl methyl sites for hydroxylation is 1. The third-order valence-electron chi connectivity index (χ3n) is 7.29. The molecule has 1 amide bonds. The van der Waals surface area contributed by atoms with Gasteiger partial charge in [0.15, 0.2) is 16.7 Å². The summed E-state index contributed by atoms with van der Waals surface area (Å²) >= 11 is 1.60. The highest BCUT2D eigenvalue weighted by Gasteiger charge is 2.15. The van der Waals surface area contributed by atoms with E-state index in [-0.39, 0.29) is 5.91 Å². The third kappa shape index (κ3) is 8.58. The molecule has 2 heterocycles. The van der Waals surface area contributed by atoms with Crippen LogP contribution in [0.5, 0.6) is 11.5 Å². The van der Waals surface area contributed by atoms with Gasteiger partial charge in [-0.05, 0) is 55.7 Å². The Labute approximate surface area is 247 Å². The fraction of sp³-hybridized carbons (Fsp3) is 0.452. The van der Waals surface area contributed by atoms with Gasteiger partial charge in [-0.15, -0.1) is 0 Å². The Kier molecular flexibility index (Phi) is 11.2. The highest BCUT2D eigenvalue weighted by atomic mass is 32.2. The van der Waals surface area contributed by atoms with Crippen molar-refractivity contribution in [3.63, 3.8) is 0 Å². The van der Waals surface area contributed by atoms with Crippen LogP contribution in [0.25, 0.3) is 0 Å². The first-order valence-electron chi connectivity index (χ1n) is 13.9. The van der Waals surface area contributed by atoms with E-state index in [0.717, 1.165) is 90.9 Å². The second-order valence-electron chi connectivity index (χ2n) is 10.1. The number of nitrogens with zero attached hydrogens (tertiary/aromatic N) is 4. The third-order valence-corrected chi connectivity index (χ3v) is 8.21. The van der Waals surface area contributed by atoms with Gasteiger partial charge < -0.3 is 24.4 Å². The number of hydrogen-bond donors (Lipinski definition) is 1. The first-order valence-corrected chi connectivity index (χ1v) is 14.9. The molecule has 9 nitrogen and oxygen atoms in total. The van der Waals surface area contributed by atoms with Crippen molar-refractivity contribution < 1.29 is 19.0 Å². The molecule has 0 radical (unpaired) electrons. The number of morpholine rings is 1. The van der Waals surface area contributed by atoms with Crippen molar-refractivity contribution in [1.29, 1.82) is 0 Å². The summed E-state index contributed by atoms with van der Waals surface area (Å²) in [7, 11) is 5.36. The summed E-state index contributed by atoms with van der Waals surface area (Å²) in [6, 6.07) is 13.8. The number of benzene rings is 2. The Morgan fingerprint density at radius 1 is 1.02 bits per heavy atom. The zero-order valence-electron chi connectivity index (χ0n) is 24.7. The Hall–Kier alpha value is -3.34. The highest BCUT2D eigenvalue weighted by molar-refractivity contribution is 7.98. The summed E-state index contributed by atoms with van der Waals surface area (Å²) in [6.45, 7) is 9.73. The van der Waals surface area contributed by atoms with Gasteiger partial charge in [0.05, 0.1) is 27.4 Å². The second kappa shape index (κ2) is 15.0. The summed E-state index contributed by atoms with van der Waals surface area (Å²) in [5, 5.41) is 3.76. The van der Waals surface area contributed by atoms with Crippen LogP contribution in [0, 0.1) is 13.8 Å². The van der Waals surface area contributed by atoms with Crippen LogP contribution in [-0.2, 0) is 16.9 Å². The fourth-order valence-electron chi connectivity index (χ4n) is 4.62. The van der Waals surface area contributed by atoms with Gasteiger partial charge in [-0.25, -0.2) is 9.97 Å². The van der Waals surface area contributed by atoms with Crippen LogP contribution in [0.15, 0.2) is 47.6 Å². The van der Waals surface area contributed by atoms with E-state index in [9.17, 15) is 4.79 Å². The number of rotatable bonds is 13. The fourth-order valence-corrected chi connectivity index (χ4v) is 5.46. The molecule has 1 aromatic heterocycles. The second-order valence-corrected chi connectivity index (χ2v) is 11.0. The lowest BCUT2D eigenvalue weighted by molar-refractivity contribution is 0.0383. The minimum Gasteiger partial charge on any atom is -0.493 e. The minimum absolute atomic E-state index is 0.0456. The van der Waals surface area contributed by atoms with Crippen LogP contribution in [0.2, 0.25) is 0 Å². The lowest BCUT2D eigenvalue weighted by atomic mass is 10.1. The topological polar surface area (TPSA) is 89.1 Å². The molecule has 0 atom stereocenters. The Morgan fingerprint density at radius 3 is 2.44 bits per heavy atom. The summed E-state index contributed by atoms with van der Waals surface area (Å²) in [5.74, 6) is 3.07. The average Bonchev–Trinajstić information content (AvgIpc) is 3.00. The van der Waals surface area contributed by atoms with Gasteiger partial charge in [0, 0.05) is 62.3 Å². The van der Waals surface area contributed by atoms with Crippen molar-refractivity contribution in [3.05, 3.63) is 70.4 Å². The number of amides is 1. The molecule has 0 aliphatic carbocycles. The number of nitrogens with one attached hydrogen (secondary N) is 1. The molecular formula is C31H41N5O4S. The maximum absolute atomic E-state index is 12.6. The van der Waals surface area contributed by atoms with E-state index >= 15 is 0 Å². The number of carbonyl (C=O) groups excluding carboxylic acids is 1. The zero-order chi connectivity index (χ0) is 29.2. The summed E-state index contributed by atoms with van der Waals surface area (Å²) in [4.78, 5) is 26.7. The number of thioether (sulfide) groups is 1. The van der Waals surface area contributed by atoms with E-state index in [1.54, 1.807) is 26.0 Å². The molecule has 41 heavy (non-hydrogen) atoms. The molecule has 3 aromatic rings. The van der Waals surface area contributed by atoms with E-state index < -0.39 is 0 Å². The predicted molar refractivity (Wildman–Crippen MR) is 164 cm³/mol. The van der Waals surface area contributed by atoms with Gasteiger partial charge >= 0.3 is 0 Å². The lowest BCUT2D eigenvalue weighted by Gasteiger charge is -2.26. The smallest absolute Gasteiger partial charge is 0.251 e. The Balaban J connectivity index is 1.30. The van der Waals surface area contributed by atoms with Crippen LogP contribution in [-0.4, -0.2) is 88.0 Å². The molecule has 1 N–H and O–H groups in total. The zero-order valence-corrected chi connectivity index (χ0v) is 25.6. The van der Waals surface area contributed by atoms with Gasteiger partial charge in [0.2, 0.25) is 0 Å². The first kappa shape index (κ1) is 30.6. The molecular weight excluding hydrogens is 538 g/mol. The van der Waals surface area contributed by atoms with E-state index in [0.29, 0.717) is 12.1 Å². The minimum atomic E-state index is -0.0456. The Bertz CT molecular complexity index is 1300. The van der Waals surface area contributed by atoms with Gasteiger partial charge in [-0.2, -0.15) is 0 Å². The van der Waals surface area contributed by atoms with Crippen LogP contribution in [0.4, 0.5) is 5.82 Å². The maximum Gasteiger partial charge on any atom is 0.251 e. The van der Waals surface area contributed by atoms with Gasteiger partial charge in [0.1, 0.15) is 5.82 Å². The highest BCUT2D eigenvalue weighted by Crippen LogP contribution is 2.29. The van der Waals surface area contributed by atoms with Crippen LogP contribution in [0.1, 0.15) is 32.7 Å². The van der Waals surface area contributed by atoms with Crippen LogP contribution >= 0.6 is 11.8 Å². The molecule has 0 bridgehead atoms. The molecule has 1 saturated heterocycles. The van der Waals surface area contributed by atoms with E-state index in [2.05, 4.69) is 35.2 Å². The van der Waals surface area contributed by atoms with E-state index in [1.807, 2.05) is 43.3 Å². The number of hydrogen-bond acceptors (Lipinski definition) is 9. The van der Waals surface area contributed by atoms with Gasteiger partial charge in [-0.1, -0.05) is 30.0 Å². The number of likely N-dealkylation sites (N-methyl/N-ethyl adjacent to an activating group) is 1. The largest absolute Gasteiger partial charge is 0.493 e. The standard InChI is InChI=1S/C31H41N5O4S/c1-22-23(2)33-31(34-29(22)35(3)14-12-24-8-11-27(38-4)28(20-24)39-5)41-21-25-6-9-26(10-7-25)30(37)32-13-15-36-16-18-40-19-17-36/h6-11,20H,12-19,21H2,1-5H3,(H,32,37). The SMILES string of the molecule is COc1ccc(CCN(C)c2nc(SCc3ccc(C(=O)NCCN4CCOCC4)cc3)nc(C)c2C)cc1OC. The molecule has 0 saturated carbocycles. The van der Waals surface area contributed by atoms with Crippen molar-refractivity contribution in [1.82, 2.24) is 20.2 Å². The molecule has 2 aromatic carbocycles. The molecule has 4 rings (SSSR count). The molecule has 1 aliphatic rings. The molecule has 220 valence electrons. The molecule has 0 spiro atoms. The van der Waals surface area contributed by atoms with Crippen LogP contribution < -0.4 is 19.7 Å². The molecule has 1 aliphatic heterocycles. The summed E-state index contributed by atoms with van der Waals surface area (Å²) in [5.41, 5.74) is 5.00. The Morgan fingerprint density at radius 2 is 1.73 bits per heavy atom. The first-order chi connectivity index (χ1) is 19.9. The number of ether oxygens (including phenoxy) is 3. The molecule has 1 fully saturated rings. The monoisotopic (exact) mass is 579 g/mol. The summed E-state index contributed by atoms with van der Waals surface area (Å²) < 4.78 is 16.2. The quantitative estimate of drug-likeness (QED) is 0.237. The van der Waals surface area contributed by atoms with Crippen molar-refractivity contribution in [3.8, 4) is 11.5 Å². The van der Waals surface area contributed by atoms with Crippen molar-refractivity contribution in [2.24, 2.45) is 0 Å². The number of anilines is 1. The van der Waals surface area contributed by atoms with Crippen molar-refractivity contribution in [2.75, 3.05) is 72.1 Å². The van der Waals surface area contributed by atoms with Crippen molar-refractivity contribution in [2.45, 2.75) is 31.2 Å². The van der Waals surface area contributed by atoms with Crippen LogP contribution in [0.3, 0.4) is 0 Å². The van der Waals surface area contributed by atoms with E-state index in [4.69, 9.17) is 24.2 Å². The normalized spacial score (nSPS) is 13.6. The summed E-state index contributed by atoms with van der Waals surface area (Å²) in [6.07, 6.45) is 0.842. The molecule has 10 heteroatoms. The predicted octanol–water partition coefficient (Wildman–Crippen LogP) is 4.14. The maximum atomic E-state index is 12.6. The van der Waals surface area contributed by atoms with E-state index in [1.165, 1.54) is 5.56 Å². The molecule has 0 unspecified atom stereocenters. The van der Waals surface area contributed by atoms with Crippen molar-refractivity contribution >= 4 is 23.5 Å². The number of methoxy groups -OCH3 is 2. The number of aromatic nitrogens is 2.